The van der Waals surface area contributed by atoms with Gasteiger partial charge in [0.1, 0.15) is 0 Å². The molecule has 0 radical (unpaired) electrons. The zero-order valence-corrected chi connectivity index (χ0v) is 9.78. The number of aromatic amines is 1. The molecule has 0 spiro atoms. The lowest BCUT2D eigenvalue weighted by atomic mass is 10.1. The molecule has 1 aromatic carbocycles. The highest BCUT2D eigenvalue weighted by Gasteiger charge is 2.11. The van der Waals surface area contributed by atoms with E-state index in [0.717, 1.165) is 20.9 Å². The third-order valence-corrected chi connectivity index (χ3v) is 3.12. The van der Waals surface area contributed by atoms with Gasteiger partial charge in [0.15, 0.2) is 11.6 Å². The van der Waals surface area contributed by atoms with Crippen molar-refractivity contribution >= 4 is 32.7 Å². The lowest BCUT2D eigenvalue weighted by Crippen LogP contribution is -1.79. The second-order valence-corrected chi connectivity index (χ2v) is 4.34. The Balaban J connectivity index is 2.29. The molecule has 0 bridgehead atoms. The summed E-state index contributed by atoms with van der Waals surface area (Å²) in [6.45, 7) is 0. The molecule has 3 aromatic rings. The molecule has 4 nitrogen and oxygen atoms in total. The van der Waals surface area contributed by atoms with Gasteiger partial charge in [-0.3, -0.25) is 0 Å². The smallest absolute Gasteiger partial charge is 0.171 e. The normalized spacial score (nSPS) is 11.1. The number of H-pyrrole nitrogens is 1. The number of rotatable bonds is 1. The zero-order valence-electron chi connectivity index (χ0n) is 8.20. The fraction of sp³-hybridized carbons (Fsp3) is 0. The fourth-order valence-electron chi connectivity index (χ4n) is 1.74. The summed E-state index contributed by atoms with van der Waals surface area (Å²) in [6.07, 6.45) is 1.88. The first-order valence-corrected chi connectivity index (χ1v) is 5.53. The van der Waals surface area contributed by atoms with E-state index in [1.54, 1.807) is 6.07 Å². The number of halogens is 1. The van der Waals surface area contributed by atoms with Crippen molar-refractivity contribution in [3.8, 4) is 11.3 Å². The van der Waals surface area contributed by atoms with Gasteiger partial charge in [0, 0.05) is 27.7 Å². The van der Waals surface area contributed by atoms with E-state index in [9.17, 15) is 0 Å². The van der Waals surface area contributed by atoms with Crippen LogP contribution >= 0.6 is 15.9 Å². The molecule has 0 aliphatic rings. The monoisotopic (exact) mass is 277 g/mol. The topological polar surface area (TPSA) is 67.8 Å². The Morgan fingerprint density at radius 1 is 1.38 bits per heavy atom. The summed E-state index contributed by atoms with van der Waals surface area (Å²) in [6, 6.07) is 7.69. The van der Waals surface area contributed by atoms with Crippen LogP contribution in [0.4, 0.5) is 5.82 Å². The summed E-state index contributed by atoms with van der Waals surface area (Å²) in [5.74, 6) is 1.06. The standard InChI is InChI=1S/C11H8BrN3O/c12-8-3-1-2-6-7(5-14-11(6)8)9-4-10(13)15-16-9/h1-5,14H,(H2,13,15). The van der Waals surface area contributed by atoms with Gasteiger partial charge in [-0.2, -0.15) is 0 Å². The molecule has 0 amide bonds. The fourth-order valence-corrected chi connectivity index (χ4v) is 2.22. The second kappa shape index (κ2) is 3.38. The molecule has 3 rings (SSSR count). The summed E-state index contributed by atoms with van der Waals surface area (Å²) < 4.78 is 6.16. The number of anilines is 1. The number of para-hydroxylation sites is 1. The van der Waals surface area contributed by atoms with Crippen LogP contribution in [0.15, 0.2) is 39.5 Å². The Bertz CT molecular complexity index is 656. The first-order valence-electron chi connectivity index (χ1n) is 4.74. The summed E-state index contributed by atoms with van der Waals surface area (Å²) in [7, 11) is 0. The average molecular weight is 278 g/mol. The number of nitrogens with two attached hydrogens (primary N) is 1. The summed E-state index contributed by atoms with van der Waals surface area (Å²) in [5, 5.41) is 4.75. The van der Waals surface area contributed by atoms with Crippen LogP contribution in [0, 0.1) is 0 Å². The maximum absolute atomic E-state index is 5.53. The van der Waals surface area contributed by atoms with Crippen molar-refractivity contribution in [3.05, 3.63) is 34.9 Å². The highest BCUT2D eigenvalue weighted by Crippen LogP contribution is 2.32. The lowest BCUT2D eigenvalue weighted by molar-refractivity contribution is 0.436. The first-order chi connectivity index (χ1) is 7.75. The number of nitrogens with zero attached hydrogens (tertiary/aromatic N) is 1. The molecule has 0 unspecified atom stereocenters. The van der Waals surface area contributed by atoms with Crippen molar-refractivity contribution in [1.29, 1.82) is 0 Å². The van der Waals surface area contributed by atoms with Crippen molar-refractivity contribution in [3.63, 3.8) is 0 Å². The predicted octanol–water partition coefficient (Wildman–Crippen LogP) is 3.17. The molecule has 0 saturated heterocycles. The molecule has 3 N–H and O–H groups in total. The number of fused-ring (bicyclic) bond motifs is 1. The number of benzene rings is 1. The van der Waals surface area contributed by atoms with Crippen molar-refractivity contribution in [2.24, 2.45) is 0 Å². The Hall–Kier alpha value is -1.75. The van der Waals surface area contributed by atoms with Crippen molar-refractivity contribution in [2.45, 2.75) is 0 Å². The molecule has 80 valence electrons. The molecule has 0 aliphatic carbocycles. The van der Waals surface area contributed by atoms with Gasteiger partial charge in [-0.05, 0) is 22.0 Å². The maximum atomic E-state index is 5.53. The Kier molecular flexibility index (Phi) is 2.00. The van der Waals surface area contributed by atoms with Gasteiger partial charge < -0.3 is 15.2 Å². The van der Waals surface area contributed by atoms with E-state index in [-0.39, 0.29) is 0 Å². The van der Waals surface area contributed by atoms with E-state index < -0.39 is 0 Å². The molecule has 16 heavy (non-hydrogen) atoms. The van der Waals surface area contributed by atoms with Gasteiger partial charge in [-0.1, -0.05) is 17.3 Å². The van der Waals surface area contributed by atoms with E-state index >= 15 is 0 Å². The molecule has 5 heteroatoms. The van der Waals surface area contributed by atoms with Gasteiger partial charge in [-0.25, -0.2) is 0 Å². The molecular weight excluding hydrogens is 270 g/mol. The number of hydrogen-bond donors (Lipinski definition) is 2. The first kappa shape index (κ1) is 9.47. The van der Waals surface area contributed by atoms with Gasteiger partial charge in [0.2, 0.25) is 0 Å². The number of nitrogen functional groups attached to an aromatic ring is 1. The Labute approximate surface area is 99.6 Å². The van der Waals surface area contributed by atoms with E-state index in [1.807, 2.05) is 24.4 Å². The highest BCUT2D eigenvalue weighted by molar-refractivity contribution is 9.10. The largest absolute Gasteiger partial charge is 0.381 e. The third-order valence-electron chi connectivity index (χ3n) is 2.46. The Morgan fingerprint density at radius 2 is 2.25 bits per heavy atom. The minimum absolute atomic E-state index is 0.388. The molecule has 2 aromatic heterocycles. The highest BCUT2D eigenvalue weighted by atomic mass is 79.9. The van der Waals surface area contributed by atoms with E-state index in [4.69, 9.17) is 10.3 Å². The minimum atomic E-state index is 0.388. The second-order valence-electron chi connectivity index (χ2n) is 3.48. The van der Waals surface area contributed by atoms with Crippen molar-refractivity contribution < 1.29 is 4.52 Å². The summed E-state index contributed by atoms with van der Waals surface area (Å²) in [5.41, 5.74) is 7.53. The van der Waals surface area contributed by atoms with Gasteiger partial charge in [0.05, 0.1) is 5.52 Å². The molecule has 0 atom stereocenters. The van der Waals surface area contributed by atoms with Crippen LogP contribution < -0.4 is 5.73 Å². The zero-order chi connectivity index (χ0) is 11.1. The molecule has 0 fully saturated rings. The number of nitrogens with one attached hydrogen (secondary N) is 1. The van der Waals surface area contributed by atoms with E-state index in [1.165, 1.54) is 0 Å². The third kappa shape index (κ3) is 1.32. The quantitative estimate of drug-likeness (QED) is 0.718. The van der Waals surface area contributed by atoms with Crippen LogP contribution in [-0.4, -0.2) is 10.1 Å². The van der Waals surface area contributed by atoms with Gasteiger partial charge >= 0.3 is 0 Å². The summed E-state index contributed by atoms with van der Waals surface area (Å²) in [4.78, 5) is 3.19. The SMILES string of the molecule is Nc1cc(-c2c[nH]c3c(Br)cccc23)on1. The molecule has 0 saturated carbocycles. The number of aromatic nitrogens is 2. The van der Waals surface area contributed by atoms with Crippen LogP contribution in [0.5, 0.6) is 0 Å². The van der Waals surface area contributed by atoms with E-state index in [2.05, 4.69) is 26.1 Å². The molecular formula is C11H8BrN3O. The van der Waals surface area contributed by atoms with Gasteiger partial charge in [-0.15, -0.1) is 0 Å². The molecule has 2 heterocycles. The average Bonchev–Trinajstić information content (AvgIpc) is 2.84. The summed E-state index contributed by atoms with van der Waals surface area (Å²) >= 11 is 3.49. The predicted molar refractivity (Wildman–Crippen MR) is 65.9 cm³/mol. The van der Waals surface area contributed by atoms with Crippen molar-refractivity contribution in [1.82, 2.24) is 10.1 Å². The maximum Gasteiger partial charge on any atom is 0.171 e. The van der Waals surface area contributed by atoms with Crippen LogP contribution in [0.25, 0.3) is 22.2 Å². The van der Waals surface area contributed by atoms with E-state index in [0.29, 0.717) is 11.6 Å². The lowest BCUT2D eigenvalue weighted by Gasteiger charge is -1.94. The Morgan fingerprint density at radius 3 is 3.00 bits per heavy atom. The van der Waals surface area contributed by atoms with Crippen LogP contribution in [0.3, 0.4) is 0 Å². The van der Waals surface area contributed by atoms with Gasteiger partial charge in [0.25, 0.3) is 0 Å². The van der Waals surface area contributed by atoms with Crippen LogP contribution in [0.2, 0.25) is 0 Å². The van der Waals surface area contributed by atoms with Crippen LogP contribution in [0.1, 0.15) is 0 Å². The molecule has 0 aliphatic heterocycles. The number of hydrogen-bond acceptors (Lipinski definition) is 3. The van der Waals surface area contributed by atoms with Crippen LogP contribution in [-0.2, 0) is 0 Å². The minimum Gasteiger partial charge on any atom is -0.381 e. The van der Waals surface area contributed by atoms with Crippen molar-refractivity contribution in [2.75, 3.05) is 5.73 Å².